The Balaban J connectivity index is 2.22. The molecule has 1 rings (SSSR count). The molecule has 0 bridgehead atoms. The van der Waals surface area contributed by atoms with E-state index in [2.05, 4.69) is 26.1 Å². The molecule has 8 heavy (non-hydrogen) atoms. The fraction of sp³-hybridized carbons (Fsp3) is 1.00. The standard InChI is InChI=1S/C5H13N2P/c1-6-2-3-7(4-6)5-8/h2-5,8H2,1H3. The highest BCUT2D eigenvalue weighted by Gasteiger charge is 2.12. The molecule has 1 aliphatic rings. The maximum atomic E-state index is 2.74. The lowest BCUT2D eigenvalue weighted by Gasteiger charge is -2.10. The van der Waals surface area contributed by atoms with Crippen molar-refractivity contribution in [2.75, 3.05) is 33.1 Å². The second kappa shape index (κ2) is 2.77. The van der Waals surface area contributed by atoms with E-state index in [-0.39, 0.29) is 0 Å². The Morgan fingerprint density at radius 3 is 2.50 bits per heavy atom. The molecule has 2 nitrogen and oxygen atoms in total. The van der Waals surface area contributed by atoms with Crippen molar-refractivity contribution in [3.63, 3.8) is 0 Å². The van der Waals surface area contributed by atoms with E-state index < -0.39 is 0 Å². The first-order chi connectivity index (χ1) is 3.83. The van der Waals surface area contributed by atoms with Crippen LogP contribution in [0.3, 0.4) is 0 Å². The minimum atomic E-state index is 1.12. The maximum Gasteiger partial charge on any atom is 0.0507 e. The number of hydrogen-bond acceptors (Lipinski definition) is 2. The molecule has 0 N–H and O–H groups in total. The molecule has 0 saturated carbocycles. The first-order valence-electron chi connectivity index (χ1n) is 2.94. The molecule has 0 amide bonds. The highest BCUT2D eigenvalue weighted by molar-refractivity contribution is 7.16. The van der Waals surface area contributed by atoms with E-state index in [4.69, 9.17) is 0 Å². The lowest BCUT2D eigenvalue weighted by molar-refractivity contribution is 0.309. The number of hydrogen-bond donors (Lipinski definition) is 0. The molecule has 1 aliphatic heterocycles. The minimum absolute atomic E-state index is 1.12. The third kappa shape index (κ3) is 1.41. The summed E-state index contributed by atoms with van der Waals surface area (Å²) in [6.07, 6.45) is 1.12. The Morgan fingerprint density at radius 1 is 1.50 bits per heavy atom. The van der Waals surface area contributed by atoms with Crippen molar-refractivity contribution in [3.8, 4) is 0 Å². The van der Waals surface area contributed by atoms with Crippen LogP contribution in [0.4, 0.5) is 0 Å². The fourth-order valence-electron chi connectivity index (χ4n) is 0.944. The van der Waals surface area contributed by atoms with Crippen LogP contribution in [0.1, 0.15) is 0 Å². The van der Waals surface area contributed by atoms with Gasteiger partial charge in [0, 0.05) is 19.4 Å². The molecule has 48 valence electrons. The first-order valence-corrected chi connectivity index (χ1v) is 3.75. The number of rotatable bonds is 1. The van der Waals surface area contributed by atoms with Crippen LogP contribution in [0.15, 0.2) is 0 Å². The summed E-state index contributed by atoms with van der Waals surface area (Å²) >= 11 is 0. The molecule has 0 aromatic rings. The average molecular weight is 132 g/mol. The largest absolute Gasteiger partial charge is 0.292 e. The van der Waals surface area contributed by atoms with Gasteiger partial charge in [-0.25, -0.2) is 0 Å². The number of likely N-dealkylation sites (N-methyl/N-ethyl adjacent to an activating group) is 1. The van der Waals surface area contributed by atoms with E-state index in [1.165, 1.54) is 13.1 Å². The Kier molecular flexibility index (Phi) is 2.24. The third-order valence-corrected chi connectivity index (χ3v) is 2.01. The minimum Gasteiger partial charge on any atom is -0.292 e. The van der Waals surface area contributed by atoms with Crippen LogP contribution in [-0.2, 0) is 0 Å². The quantitative estimate of drug-likeness (QED) is 0.464. The van der Waals surface area contributed by atoms with E-state index in [0.717, 1.165) is 13.0 Å². The van der Waals surface area contributed by atoms with Gasteiger partial charge in [0.25, 0.3) is 0 Å². The Morgan fingerprint density at radius 2 is 2.25 bits per heavy atom. The number of nitrogens with zero attached hydrogens (tertiary/aromatic N) is 2. The SMILES string of the molecule is CN1CCN(CP)C1. The van der Waals surface area contributed by atoms with E-state index in [0.29, 0.717) is 0 Å². The van der Waals surface area contributed by atoms with Crippen molar-refractivity contribution in [2.24, 2.45) is 0 Å². The molecule has 1 saturated heterocycles. The summed E-state index contributed by atoms with van der Waals surface area (Å²) in [5.41, 5.74) is 0. The van der Waals surface area contributed by atoms with Crippen molar-refractivity contribution in [3.05, 3.63) is 0 Å². The van der Waals surface area contributed by atoms with Crippen LogP contribution in [-0.4, -0.2) is 42.9 Å². The fourth-order valence-corrected chi connectivity index (χ4v) is 1.24. The van der Waals surface area contributed by atoms with Gasteiger partial charge in [0.05, 0.1) is 6.67 Å². The average Bonchev–Trinajstić information content (AvgIpc) is 2.14. The predicted molar refractivity (Wildman–Crippen MR) is 38.8 cm³/mol. The molecule has 0 spiro atoms. The third-order valence-electron chi connectivity index (χ3n) is 1.50. The van der Waals surface area contributed by atoms with Gasteiger partial charge in [-0.2, -0.15) is 0 Å². The second-order valence-electron chi connectivity index (χ2n) is 2.30. The van der Waals surface area contributed by atoms with Crippen molar-refractivity contribution in [1.82, 2.24) is 9.80 Å². The molecule has 1 fully saturated rings. The maximum absolute atomic E-state index is 2.74. The van der Waals surface area contributed by atoms with Crippen molar-refractivity contribution in [1.29, 1.82) is 0 Å². The van der Waals surface area contributed by atoms with Crippen LogP contribution in [0.5, 0.6) is 0 Å². The van der Waals surface area contributed by atoms with E-state index in [1.54, 1.807) is 0 Å². The molecule has 0 radical (unpaired) electrons. The lowest BCUT2D eigenvalue weighted by atomic mass is 10.6. The summed E-state index contributed by atoms with van der Waals surface area (Å²) in [6.45, 7) is 3.61. The smallest absolute Gasteiger partial charge is 0.0507 e. The van der Waals surface area contributed by atoms with Crippen molar-refractivity contribution in [2.45, 2.75) is 0 Å². The summed E-state index contributed by atoms with van der Waals surface area (Å²) in [6, 6.07) is 0. The predicted octanol–water partition coefficient (Wildman–Crippen LogP) is 0.0239. The Bertz CT molecular complexity index is 76.8. The van der Waals surface area contributed by atoms with Gasteiger partial charge in [0.15, 0.2) is 0 Å². The van der Waals surface area contributed by atoms with E-state index >= 15 is 0 Å². The van der Waals surface area contributed by atoms with Gasteiger partial charge < -0.3 is 0 Å². The van der Waals surface area contributed by atoms with Crippen LogP contribution >= 0.6 is 9.24 Å². The van der Waals surface area contributed by atoms with Crippen molar-refractivity contribution < 1.29 is 0 Å². The lowest BCUT2D eigenvalue weighted by Crippen LogP contribution is -2.20. The zero-order chi connectivity index (χ0) is 5.98. The van der Waals surface area contributed by atoms with Crippen molar-refractivity contribution >= 4 is 9.24 Å². The first kappa shape index (κ1) is 6.47. The molecule has 0 aromatic carbocycles. The normalized spacial score (nSPS) is 24.8. The van der Waals surface area contributed by atoms with Crippen LogP contribution in [0.2, 0.25) is 0 Å². The summed E-state index contributed by atoms with van der Waals surface area (Å²) < 4.78 is 0. The van der Waals surface area contributed by atoms with Gasteiger partial charge in [-0.3, -0.25) is 9.80 Å². The summed E-state index contributed by atoms with van der Waals surface area (Å²) in [5.74, 6) is 0. The molecular weight excluding hydrogens is 119 g/mol. The zero-order valence-electron chi connectivity index (χ0n) is 5.30. The molecule has 1 heterocycles. The van der Waals surface area contributed by atoms with E-state index in [9.17, 15) is 0 Å². The topological polar surface area (TPSA) is 6.48 Å². The monoisotopic (exact) mass is 132 g/mol. The highest BCUT2D eigenvalue weighted by Crippen LogP contribution is 2.02. The highest BCUT2D eigenvalue weighted by atomic mass is 31.0. The molecule has 3 heteroatoms. The van der Waals surface area contributed by atoms with Gasteiger partial charge in [0.1, 0.15) is 0 Å². The molecule has 1 unspecified atom stereocenters. The summed E-state index contributed by atoms with van der Waals surface area (Å²) in [7, 11) is 4.89. The van der Waals surface area contributed by atoms with Crippen LogP contribution < -0.4 is 0 Å². The molecule has 1 atom stereocenters. The molecule has 0 aromatic heterocycles. The summed E-state index contributed by atoms with van der Waals surface area (Å²) in [4.78, 5) is 4.72. The van der Waals surface area contributed by atoms with E-state index in [1.807, 2.05) is 0 Å². The van der Waals surface area contributed by atoms with Gasteiger partial charge in [0.2, 0.25) is 0 Å². The van der Waals surface area contributed by atoms with Gasteiger partial charge in [-0.05, 0) is 7.05 Å². The van der Waals surface area contributed by atoms with Crippen LogP contribution in [0.25, 0.3) is 0 Å². The van der Waals surface area contributed by atoms with Gasteiger partial charge in [-0.1, -0.05) is 0 Å². The Labute approximate surface area is 53.0 Å². The van der Waals surface area contributed by atoms with Gasteiger partial charge >= 0.3 is 0 Å². The van der Waals surface area contributed by atoms with Gasteiger partial charge in [-0.15, -0.1) is 9.24 Å². The van der Waals surface area contributed by atoms with Crippen LogP contribution in [0, 0.1) is 0 Å². The Hall–Kier alpha value is 0.350. The zero-order valence-corrected chi connectivity index (χ0v) is 6.45. The molecular formula is C5H13N2P. The molecule has 0 aliphatic carbocycles. The second-order valence-corrected chi connectivity index (χ2v) is 2.66. The summed E-state index contributed by atoms with van der Waals surface area (Å²) in [5, 5.41) is 0.